The Morgan fingerprint density at radius 2 is 1.82 bits per heavy atom. The number of halogens is 2. The third-order valence-electron chi connectivity index (χ3n) is 4.10. The molecule has 3 N–H and O–H groups in total. The first-order valence-corrected chi connectivity index (χ1v) is 10.4. The van der Waals surface area contributed by atoms with Gasteiger partial charge in [-0.3, -0.25) is 9.80 Å². The van der Waals surface area contributed by atoms with Crippen LogP contribution in [0.2, 0.25) is 0 Å². The third kappa shape index (κ3) is 5.77. The zero-order valence-electron chi connectivity index (χ0n) is 16.2. The highest BCUT2D eigenvalue weighted by atomic mass is 32.2. The van der Waals surface area contributed by atoms with Gasteiger partial charge >= 0.3 is 0 Å². The zero-order valence-corrected chi connectivity index (χ0v) is 17.0. The molecule has 1 saturated heterocycles. The summed E-state index contributed by atoms with van der Waals surface area (Å²) in [4.78, 5) is 12.4. The predicted molar refractivity (Wildman–Crippen MR) is 110 cm³/mol. The summed E-state index contributed by atoms with van der Waals surface area (Å²) in [5.74, 6) is -1.04. The Morgan fingerprint density at radius 3 is 2.43 bits per heavy atom. The molecule has 1 fully saturated rings. The van der Waals surface area contributed by atoms with Crippen molar-refractivity contribution in [2.24, 2.45) is 5.73 Å². The fraction of sp³-hybridized carbons (Fsp3) is 0.381. The number of nitrogens with two attached hydrogens (primary N) is 1. The molecule has 1 heterocycles. The van der Waals surface area contributed by atoms with Crippen LogP contribution in [0.15, 0.2) is 48.5 Å². The van der Waals surface area contributed by atoms with Crippen molar-refractivity contribution in [2.75, 3.05) is 6.54 Å². The number of nitrogens with zero attached hydrogens (tertiary/aromatic N) is 1. The van der Waals surface area contributed by atoms with Crippen LogP contribution in [-0.2, 0) is 4.79 Å². The van der Waals surface area contributed by atoms with Crippen molar-refractivity contribution in [1.82, 2.24) is 10.4 Å². The van der Waals surface area contributed by atoms with Gasteiger partial charge in [-0.25, -0.2) is 14.2 Å². The van der Waals surface area contributed by atoms with E-state index in [1.807, 2.05) is 37.3 Å². The Bertz CT molecular complexity index is 759. The van der Waals surface area contributed by atoms with Crippen LogP contribution in [0, 0.1) is 11.6 Å². The molecule has 2 aromatic rings. The largest absolute Gasteiger partial charge is 0.330 e. The number of benzene rings is 2. The SMILES string of the molecule is CCCC(=O)N1NC(c2cc(F)ccc2F)SC1c1ccccc1.CCCN. The number of carbonyl (C=O) groups is 1. The summed E-state index contributed by atoms with van der Waals surface area (Å²) >= 11 is 1.39. The lowest BCUT2D eigenvalue weighted by Crippen LogP contribution is -2.39. The Morgan fingerprint density at radius 1 is 1.14 bits per heavy atom. The highest BCUT2D eigenvalue weighted by molar-refractivity contribution is 7.99. The van der Waals surface area contributed by atoms with Gasteiger partial charge in [-0.15, -0.1) is 11.8 Å². The van der Waals surface area contributed by atoms with Crippen LogP contribution in [0.4, 0.5) is 8.78 Å². The van der Waals surface area contributed by atoms with E-state index >= 15 is 0 Å². The van der Waals surface area contributed by atoms with Crippen molar-refractivity contribution in [3.8, 4) is 0 Å². The van der Waals surface area contributed by atoms with Gasteiger partial charge in [0.1, 0.15) is 22.4 Å². The minimum atomic E-state index is -0.522. The van der Waals surface area contributed by atoms with E-state index in [-0.39, 0.29) is 16.8 Å². The summed E-state index contributed by atoms with van der Waals surface area (Å²) in [6.45, 7) is 4.81. The monoisotopic (exact) mass is 407 g/mol. The summed E-state index contributed by atoms with van der Waals surface area (Å²) in [5.41, 5.74) is 9.24. The van der Waals surface area contributed by atoms with Crippen LogP contribution in [-0.4, -0.2) is 17.5 Å². The number of carbonyl (C=O) groups excluding carboxylic acids is 1. The summed E-state index contributed by atoms with van der Waals surface area (Å²) in [5, 5.41) is 0.739. The predicted octanol–water partition coefficient (Wildman–Crippen LogP) is 4.90. The average Bonchev–Trinajstić information content (AvgIpc) is 3.16. The zero-order chi connectivity index (χ0) is 20.5. The van der Waals surface area contributed by atoms with E-state index in [0.29, 0.717) is 6.42 Å². The van der Waals surface area contributed by atoms with Gasteiger partial charge < -0.3 is 5.73 Å². The molecule has 2 atom stereocenters. The van der Waals surface area contributed by atoms with Gasteiger partial charge in [0.05, 0.1) is 0 Å². The molecular weight excluding hydrogens is 380 g/mol. The Kier molecular flexibility index (Phi) is 8.89. The Hall–Kier alpha value is -1.96. The fourth-order valence-electron chi connectivity index (χ4n) is 2.65. The van der Waals surface area contributed by atoms with Gasteiger partial charge in [0.2, 0.25) is 5.91 Å². The van der Waals surface area contributed by atoms with Crippen molar-refractivity contribution < 1.29 is 13.6 Å². The molecule has 1 amide bonds. The smallest absolute Gasteiger partial charge is 0.238 e. The van der Waals surface area contributed by atoms with Gasteiger partial charge in [-0.1, -0.05) is 44.2 Å². The molecule has 0 saturated carbocycles. The lowest BCUT2D eigenvalue weighted by atomic mass is 10.2. The van der Waals surface area contributed by atoms with E-state index in [4.69, 9.17) is 5.73 Å². The molecule has 0 bridgehead atoms. The number of hydrogen-bond acceptors (Lipinski definition) is 4. The molecule has 2 aromatic carbocycles. The van der Waals surface area contributed by atoms with Crippen LogP contribution in [0.3, 0.4) is 0 Å². The minimum Gasteiger partial charge on any atom is -0.330 e. The van der Waals surface area contributed by atoms with Crippen LogP contribution < -0.4 is 11.2 Å². The molecule has 0 aromatic heterocycles. The van der Waals surface area contributed by atoms with Gasteiger partial charge in [-0.2, -0.15) is 0 Å². The lowest BCUT2D eigenvalue weighted by Gasteiger charge is -2.23. The summed E-state index contributed by atoms with van der Waals surface area (Å²) in [6.07, 6.45) is 2.22. The molecule has 2 unspecified atom stereocenters. The van der Waals surface area contributed by atoms with E-state index in [9.17, 15) is 13.6 Å². The van der Waals surface area contributed by atoms with Crippen molar-refractivity contribution in [1.29, 1.82) is 0 Å². The standard InChI is InChI=1S/C18H18F2N2OS.C3H9N/c1-2-6-16(23)22-18(12-7-4-3-5-8-12)24-17(21-22)14-11-13(19)9-10-15(14)20;1-2-3-4/h3-5,7-11,17-18,21H,2,6H2,1H3;2-4H2,1H3. The normalized spacial score (nSPS) is 18.5. The number of hydrogen-bond donors (Lipinski definition) is 2. The molecule has 3 rings (SSSR count). The number of rotatable bonds is 5. The Labute approximate surface area is 169 Å². The molecule has 1 aliphatic rings. The second-order valence-corrected chi connectivity index (χ2v) is 7.57. The van der Waals surface area contributed by atoms with Gasteiger partial charge in [-0.05, 0) is 43.1 Å². The number of nitrogens with one attached hydrogen (secondary N) is 1. The van der Waals surface area contributed by atoms with Gasteiger partial charge in [0, 0.05) is 12.0 Å². The fourth-order valence-corrected chi connectivity index (χ4v) is 4.03. The summed E-state index contributed by atoms with van der Waals surface area (Å²) < 4.78 is 27.6. The maximum Gasteiger partial charge on any atom is 0.238 e. The Balaban J connectivity index is 0.000000640. The molecular formula is C21H27F2N3OS. The van der Waals surface area contributed by atoms with Crippen molar-refractivity contribution in [3.63, 3.8) is 0 Å². The molecule has 28 heavy (non-hydrogen) atoms. The van der Waals surface area contributed by atoms with Gasteiger partial charge in [0.25, 0.3) is 0 Å². The quantitative estimate of drug-likeness (QED) is 0.740. The van der Waals surface area contributed by atoms with Crippen molar-refractivity contribution >= 4 is 17.7 Å². The molecule has 0 spiro atoms. The van der Waals surface area contributed by atoms with E-state index in [1.165, 1.54) is 17.8 Å². The molecule has 0 radical (unpaired) electrons. The van der Waals surface area contributed by atoms with Crippen LogP contribution in [0.5, 0.6) is 0 Å². The maximum atomic E-state index is 14.1. The first-order chi connectivity index (χ1) is 13.5. The highest BCUT2D eigenvalue weighted by Gasteiger charge is 2.38. The molecule has 4 nitrogen and oxygen atoms in total. The summed E-state index contributed by atoms with van der Waals surface area (Å²) in [7, 11) is 0. The van der Waals surface area contributed by atoms with Crippen LogP contribution >= 0.6 is 11.8 Å². The first kappa shape index (κ1) is 22.3. The van der Waals surface area contributed by atoms with Crippen molar-refractivity contribution in [2.45, 2.75) is 43.9 Å². The highest BCUT2D eigenvalue weighted by Crippen LogP contribution is 2.47. The number of hydrazine groups is 1. The maximum absolute atomic E-state index is 14.1. The second-order valence-electron chi connectivity index (χ2n) is 6.38. The van der Waals surface area contributed by atoms with E-state index in [2.05, 4.69) is 12.3 Å². The number of thioether (sulfide) groups is 1. The third-order valence-corrected chi connectivity index (χ3v) is 5.47. The van der Waals surface area contributed by atoms with Crippen LogP contribution in [0.25, 0.3) is 0 Å². The molecule has 0 aliphatic carbocycles. The van der Waals surface area contributed by atoms with E-state index in [1.54, 1.807) is 5.01 Å². The summed E-state index contributed by atoms with van der Waals surface area (Å²) in [6, 6.07) is 12.9. The van der Waals surface area contributed by atoms with E-state index in [0.717, 1.165) is 37.1 Å². The first-order valence-electron chi connectivity index (χ1n) is 9.45. The minimum absolute atomic E-state index is 0.0573. The second kappa shape index (κ2) is 11.1. The van der Waals surface area contributed by atoms with E-state index < -0.39 is 17.0 Å². The topological polar surface area (TPSA) is 58.4 Å². The van der Waals surface area contributed by atoms with Gasteiger partial charge in [0.15, 0.2) is 0 Å². The molecule has 1 aliphatic heterocycles. The average molecular weight is 408 g/mol. The molecule has 7 heteroatoms. The number of amides is 1. The van der Waals surface area contributed by atoms with Crippen molar-refractivity contribution in [3.05, 3.63) is 71.3 Å². The molecule has 152 valence electrons. The van der Waals surface area contributed by atoms with Crippen LogP contribution in [0.1, 0.15) is 55.0 Å². The lowest BCUT2D eigenvalue weighted by molar-refractivity contribution is -0.134.